The second kappa shape index (κ2) is 10.1. The molecule has 0 aliphatic carbocycles. The molecule has 0 spiro atoms. The quantitative estimate of drug-likeness (QED) is 0.482. The van der Waals surface area contributed by atoms with E-state index in [0.717, 1.165) is 11.8 Å². The summed E-state index contributed by atoms with van der Waals surface area (Å²) >= 11 is 4.24. The van der Waals surface area contributed by atoms with E-state index < -0.39 is 0 Å². The van der Waals surface area contributed by atoms with E-state index in [1.165, 1.54) is 71.0 Å². The molecular weight excluding hydrogens is 240 g/mol. The van der Waals surface area contributed by atoms with Crippen LogP contribution in [0.25, 0.3) is 0 Å². The highest BCUT2D eigenvalue weighted by molar-refractivity contribution is 7.80. The lowest BCUT2D eigenvalue weighted by Crippen LogP contribution is -2.31. The minimum Gasteiger partial charge on any atom is -0.305 e. The summed E-state index contributed by atoms with van der Waals surface area (Å²) in [4.78, 5) is 5.02. The van der Waals surface area contributed by atoms with Crippen LogP contribution in [0.2, 0.25) is 0 Å². The maximum absolute atomic E-state index is 4.24. The maximum atomic E-state index is 4.24. The van der Waals surface area contributed by atoms with E-state index in [1.54, 1.807) is 0 Å². The van der Waals surface area contributed by atoms with Gasteiger partial charge in [0, 0.05) is 12.6 Å². The molecule has 18 heavy (non-hydrogen) atoms. The molecule has 0 aromatic rings. The Balaban J connectivity index is 1.87. The first-order valence-electron chi connectivity index (χ1n) is 7.73. The Bertz CT molecular complexity index is 197. The van der Waals surface area contributed by atoms with E-state index in [9.17, 15) is 0 Å². The number of hydrogen-bond acceptors (Lipinski definition) is 3. The molecule has 1 saturated heterocycles. The van der Waals surface area contributed by atoms with Crippen molar-refractivity contribution >= 4 is 12.6 Å². The van der Waals surface area contributed by atoms with Gasteiger partial charge in [0.1, 0.15) is 0 Å². The molecular formula is C15H32N2S. The summed E-state index contributed by atoms with van der Waals surface area (Å²) in [5, 5.41) is 0. The molecule has 3 heteroatoms. The van der Waals surface area contributed by atoms with E-state index in [0.29, 0.717) is 0 Å². The summed E-state index contributed by atoms with van der Waals surface area (Å²) in [7, 11) is 4.41. The fourth-order valence-corrected chi connectivity index (χ4v) is 2.99. The zero-order valence-corrected chi connectivity index (χ0v) is 13.3. The van der Waals surface area contributed by atoms with Gasteiger partial charge in [0.2, 0.25) is 0 Å². The van der Waals surface area contributed by atoms with Crippen LogP contribution < -0.4 is 0 Å². The SMILES string of the molecule is CN(C)C1CCN(CCCCCCCCCS)C1. The van der Waals surface area contributed by atoms with Gasteiger partial charge in [-0.25, -0.2) is 0 Å². The van der Waals surface area contributed by atoms with Gasteiger partial charge in [-0.2, -0.15) is 12.6 Å². The zero-order chi connectivity index (χ0) is 13.2. The highest BCUT2D eigenvalue weighted by atomic mass is 32.1. The van der Waals surface area contributed by atoms with Crippen molar-refractivity contribution in [2.24, 2.45) is 0 Å². The molecule has 1 fully saturated rings. The molecule has 0 N–H and O–H groups in total. The first-order chi connectivity index (χ1) is 8.74. The van der Waals surface area contributed by atoms with E-state index in [4.69, 9.17) is 0 Å². The van der Waals surface area contributed by atoms with Crippen molar-refractivity contribution in [2.75, 3.05) is 39.5 Å². The molecule has 2 nitrogen and oxygen atoms in total. The van der Waals surface area contributed by atoms with Gasteiger partial charge in [-0.05, 0) is 52.2 Å². The molecule has 0 amide bonds. The Morgan fingerprint density at radius 1 is 1.00 bits per heavy atom. The Morgan fingerprint density at radius 2 is 1.61 bits per heavy atom. The lowest BCUT2D eigenvalue weighted by Gasteiger charge is -2.20. The van der Waals surface area contributed by atoms with Gasteiger partial charge in [-0.1, -0.05) is 32.1 Å². The van der Waals surface area contributed by atoms with Gasteiger partial charge in [0.15, 0.2) is 0 Å². The Morgan fingerprint density at radius 3 is 2.17 bits per heavy atom. The van der Waals surface area contributed by atoms with E-state index in [2.05, 4.69) is 36.5 Å². The highest BCUT2D eigenvalue weighted by Gasteiger charge is 2.22. The van der Waals surface area contributed by atoms with Crippen LogP contribution in [0.1, 0.15) is 51.4 Å². The van der Waals surface area contributed by atoms with Gasteiger partial charge in [0.05, 0.1) is 0 Å². The number of hydrogen-bond donors (Lipinski definition) is 1. The van der Waals surface area contributed by atoms with Crippen molar-refractivity contribution in [3.8, 4) is 0 Å². The van der Waals surface area contributed by atoms with Crippen LogP contribution in [0.3, 0.4) is 0 Å². The molecule has 0 aromatic carbocycles. The topological polar surface area (TPSA) is 6.48 Å². The Hall–Kier alpha value is 0.270. The van der Waals surface area contributed by atoms with Gasteiger partial charge in [-0.3, -0.25) is 0 Å². The molecule has 0 aromatic heterocycles. The summed E-state index contributed by atoms with van der Waals surface area (Å²) in [6, 6.07) is 0.797. The van der Waals surface area contributed by atoms with Crippen LogP contribution in [0.15, 0.2) is 0 Å². The number of nitrogens with zero attached hydrogens (tertiary/aromatic N) is 2. The van der Waals surface area contributed by atoms with Crippen LogP contribution in [0, 0.1) is 0 Å². The summed E-state index contributed by atoms with van der Waals surface area (Å²) in [6.07, 6.45) is 11.1. The second-order valence-corrected chi connectivity index (χ2v) is 6.35. The van der Waals surface area contributed by atoms with Gasteiger partial charge >= 0.3 is 0 Å². The normalized spacial score (nSPS) is 21.0. The molecule has 1 rings (SSSR count). The van der Waals surface area contributed by atoms with E-state index >= 15 is 0 Å². The minimum absolute atomic E-state index is 0.797. The molecule has 108 valence electrons. The molecule has 1 heterocycles. The number of unbranched alkanes of at least 4 members (excludes halogenated alkanes) is 6. The van der Waals surface area contributed by atoms with Gasteiger partial charge in [-0.15, -0.1) is 0 Å². The number of likely N-dealkylation sites (tertiary alicyclic amines) is 1. The molecule has 0 radical (unpaired) electrons. The van der Waals surface area contributed by atoms with Crippen molar-refractivity contribution in [3.05, 3.63) is 0 Å². The van der Waals surface area contributed by atoms with Crippen LogP contribution in [0.5, 0.6) is 0 Å². The van der Waals surface area contributed by atoms with Gasteiger partial charge in [0.25, 0.3) is 0 Å². The average molecular weight is 273 g/mol. The van der Waals surface area contributed by atoms with Gasteiger partial charge < -0.3 is 9.80 Å². The van der Waals surface area contributed by atoms with Crippen LogP contribution in [0.4, 0.5) is 0 Å². The zero-order valence-electron chi connectivity index (χ0n) is 12.4. The van der Waals surface area contributed by atoms with Crippen LogP contribution in [-0.2, 0) is 0 Å². The second-order valence-electron chi connectivity index (χ2n) is 5.91. The van der Waals surface area contributed by atoms with Crippen molar-refractivity contribution in [3.63, 3.8) is 0 Å². The Labute approximate surface area is 120 Å². The van der Waals surface area contributed by atoms with Crippen molar-refractivity contribution in [2.45, 2.75) is 57.4 Å². The summed E-state index contributed by atoms with van der Waals surface area (Å²) in [5.74, 6) is 1.06. The maximum Gasteiger partial charge on any atom is 0.0229 e. The lowest BCUT2D eigenvalue weighted by molar-refractivity contribution is 0.265. The third-order valence-electron chi connectivity index (χ3n) is 4.11. The number of thiol groups is 1. The molecule has 0 saturated carbocycles. The average Bonchev–Trinajstić information content (AvgIpc) is 2.81. The fraction of sp³-hybridized carbons (Fsp3) is 1.00. The molecule has 1 aliphatic rings. The molecule has 1 atom stereocenters. The summed E-state index contributed by atoms with van der Waals surface area (Å²) in [5.41, 5.74) is 0. The predicted octanol–water partition coefficient (Wildman–Crippen LogP) is 3.28. The standard InChI is InChI=1S/C15H32N2S/c1-16(2)15-10-12-17(14-15)11-8-6-4-3-5-7-9-13-18/h15,18H,3-14H2,1-2H3. The van der Waals surface area contributed by atoms with Crippen molar-refractivity contribution in [1.29, 1.82) is 0 Å². The summed E-state index contributed by atoms with van der Waals surface area (Å²) < 4.78 is 0. The van der Waals surface area contributed by atoms with E-state index in [1.807, 2.05) is 0 Å². The smallest absolute Gasteiger partial charge is 0.0229 e. The number of likely N-dealkylation sites (N-methyl/N-ethyl adjacent to an activating group) is 1. The lowest BCUT2D eigenvalue weighted by atomic mass is 10.1. The molecule has 0 bridgehead atoms. The largest absolute Gasteiger partial charge is 0.305 e. The molecule has 1 aliphatic heterocycles. The third kappa shape index (κ3) is 7.01. The van der Waals surface area contributed by atoms with Crippen LogP contribution >= 0.6 is 12.6 Å². The molecule has 1 unspecified atom stereocenters. The van der Waals surface area contributed by atoms with E-state index in [-0.39, 0.29) is 0 Å². The number of rotatable bonds is 10. The minimum atomic E-state index is 0.797. The predicted molar refractivity (Wildman–Crippen MR) is 84.7 cm³/mol. The first kappa shape index (κ1) is 16.3. The van der Waals surface area contributed by atoms with Crippen LogP contribution in [-0.4, -0.2) is 55.3 Å². The fourth-order valence-electron chi connectivity index (χ4n) is 2.77. The van der Waals surface area contributed by atoms with Crippen molar-refractivity contribution in [1.82, 2.24) is 9.80 Å². The summed E-state index contributed by atoms with van der Waals surface area (Å²) in [6.45, 7) is 3.92. The highest BCUT2D eigenvalue weighted by Crippen LogP contribution is 2.14. The van der Waals surface area contributed by atoms with Crippen molar-refractivity contribution < 1.29 is 0 Å². The third-order valence-corrected chi connectivity index (χ3v) is 4.43. The first-order valence-corrected chi connectivity index (χ1v) is 8.37. The monoisotopic (exact) mass is 272 g/mol. The Kier molecular flexibility index (Phi) is 9.16.